The van der Waals surface area contributed by atoms with E-state index < -0.39 is 0 Å². The molecule has 0 fully saturated rings. The summed E-state index contributed by atoms with van der Waals surface area (Å²) in [5.41, 5.74) is 2.65. The molecule has 4 aromatic rings. The molecule has 0 saturated heterocycles. The SMILES string of the molecule is C[C@H](NC(=O)c1cc(-c2ccc(F)cc2)c2oc(C(C)(C)C)nc2c1)c1ncn[nH]1. The topological polar surface area (TPSA) is 96.7 Å². The van der Waals surface area contributed by atoms with Crippen molar-refractivity contribution < 1.29 is 13.6 Å². The first-order valence-electron chi connectivity index (χ1n) is 9.59. The summed E-state index contributed by atoms with van der Waals surface area (Å²) in [7, 11) is 0. The van der Waals surface area contributed by atoms with E-state index in [0.29, 0.717) is 33.9 Å². The molecule has 1 amide bonds. The third-order valence-electron chi connectivity index (χ3n) is 4.74. The zero-order valence-corrected chi connectivity index (χ0v) is 17.2. The third kappa shape index (κ3) is 3.80. The summed E-state index contributed by atoms with van der Waals surface area (Å²) < 4.78 is 19.5. The molecule has 0 unspecified atom stereocenters. The number of fused-ring (bicyclic) bond motifs is 1. The number of H-pyrrole nitrogens is 1. The lowest BCUT2D eigenvalue weighted by Gasteiger charge is -2.12. The molecule has 0 saturated carbocycles. The molecule has 0 radical (unpaired) electrons. The molecule has 0 bridgehead atoms. The van der Waals surface area contributed by atoms with Gasteiger partial charge in [-0.1, -0.05) is 32.9 Å². The number of nitrogens with zero attached hydrogens (tertiary/aromatic N) is 3. The van der Waals surface area contributed by atoms with Crippen molar-refractivity contribution in [1.29, 1.82) is 0 Å². The van der Waals surface area contributed by atoms with Crippen molar-refractivity contribution in [1.82, 2.24) is 25.5 Å². The van der Waals surface area contributed by atoms with E-state index in [1.54, 1.807) is 24.3 Å². The highest BCUT2D eigenvalue weighted by Gasteiger charge is 2.24. The van der Waals surface area contributed by atoms with Crippen molar-refractivity contribution in [3.05, 3.63) is 65.8 Å². The zero-order chi connectivity index (χ0) is 21.5. The molecule has 4 rings (SSSR count). The van der Waals surface area contributed by atoms with E-state index in [4.69, 9.17) is 4.42 Å². The Hall–Kier alpha value is -3.55. The van der Waals surface area contributed by atoms with Crippen molar-refractivity contribution in [3.8, 4) is 11.1 Å². The average molecular weight is 407 g/mol. The first-order valence-corrected chi connectivity index (χ1v) is 9.59. The molecule has 0 aliphatic carbocycles. The maximum Gasteiger partial charge on any atom is 0.251 e. The predicted molar refractivity (Wildman–Crippen MR) is 110 cm³/mol. The molecule has 1 atom stereocenters. The number of rotatable bonds is 4. The van der Waals surface area contributed by atoms with E-state index in [1.807, 2.05) is 27.7 Å². The van der Waals surface area contributed by atoms with E-state index in [9.17, 15) is 9.18 Å². The summed E-state index contributed by atoms with van der Waals surface area (Å²) in [6.45, 7) is 7.82. The van der Waals surface area contributed by atoms with Crippen LogP contribution in [0.1, 0.15) is 55.8 Å². The van der Waals surface area contributed by atoms with E-state index in [0.717, 1.165) is 5.56 Å². The number of carbonyl (C=O) groups is 1. The number of benzene rings is 2. The van der Waals surface area contributed by atoms with Crippen molar-refractivity contribution in [2.45, 2.75) is 39.2 Å². The number of halogens is 1. The normalized spacial score (nSPS) is 12.8. The number of aromatic nitrogens is 4. The van der Waals surface area contributed by atoms with Crippen LogP contribution in [0, 0.1) is 5.82 Å². The summed E-state index contributed by atoms with van der Waals surface area (Å²) in [5.74, 6) is 0.496. The summed E-state index contributed by atoms with van der Waals surface area (Å²) in [4.78, 5) is 21.6. The minimum atomic E-state index is -0.354. The van der Waals surface area contributed by atoms with Crippen molar-refractivity contribution >= 4 is 17.0 Å². The minimum Gasteiger partial charge on any atom is -0.439 e. The molecule has 0 aliphatic heterocycles. The standard InChI is InChI=1S/C22H22FN5O2/c1-12(19-24-11-25-28-19)26-20(29)14-9-16(13-5-7-15(23)8-6-13)18-17(10-14)27-21(30-18)22(2,3)4/h5-12H,1-4H3,(H,26,29)(H,24,25,28)/t12-/m0/s1. The van der Waals surface area contributed by atoms with Gasteiger partial charge in [-0.3, -0.25) is 9.89 Å². The van der Waals surface area contributed by atoms with Crippen molar-refractivity contribution in [2.75, 3.05) is 0 Å². The molecule has 30 heavy (non-hydrogen) atoms. The number of hydrogen-bond acceptors (Lipinski definition) is 5. The van der Waals surface area contributed by atoms with Gasteiger partial charge in [0, 0.05) is 16.5 Å². The van der Waals surface area contributed by atoms with Crippen molar-refractivity contribution in [3.63, 3.8) is 0 Å². The van der Waals surface area contributed by atoms with E-state index in [-0.39, 0.29) is 23.2 Å². The van der Waals surface area contributed by atoms with Crippen LogP contribution in [0.5, 0.6) is 0 Å². The molecule has 154 valence electrons. The average Bonchev–Trinajstić information content (AvgIpc) is 3.37. The summed E-state index contributed by atoms with van der Waals surface area (Å²) in [6.07, 6.45) is 1.39. The van der Waals surface area contributed by atoms with Gasteiger partial charge in [0.2, 0.25) is 5.89 Å². The van der Waals surface area contributed by atoms with E-state index in [2.05, 4.69) is 25.5 Å². The van der Waals surface area contributed by atoms with Crippen LogP contribution in [-0.4, -0.2) is 26.1 Å². The van der Waals surface area contributed by atoms with Gasteiger partial charge in [0.15, 0.2) is 5.58 Å². The Labute approximate surface area is 172 Å². The van der Waals surface area contributed by atoms with Gasteiger partial charge in [-0.15, -0.1) is 0 Å². The number of carbonyl (C=O) groups excluding carboxylic acids is 1. The predicted octanol–water partition coefficient (Wildman–Crippen LogP) is 4.54. The Balaban J connectivity index is 1.80. The molecule has 2 N–H and O–H groups in total. The molecule has 2 aromatic heterocycles. The lowest BCUT2D eigenvalue weighted by atomic mass is 9.97. The van der Waals surface area contributed by atoms with Gasteiger partial charge >= 0.3 is 0 Å². The van der Waals surface area contributed by atoms with Gasteiger partial charge in [0.1, 0.15) is 23.5 Å². The maximum atomic E-state index is 13.4. The highest BCUT2D eigenvalue weighted by atomic mass is 19.1. The van der Waals surface area contributed by atoms with Gasteiger partial charge in [-0.2, -0.15) is 5.10 Å². The van der Waals surface area contributed by atoms with Gasteiger partial charge < -0.3 is 9.73 Å². The van der Waals surface area contributed by atoms with Crippen molar-refractivity contribution in [2.24, 2.45) is 0 Å². The molecular formula is C22H22FN5O2. The van der Waals surface area contributed by atoms with Gasteiger partial charge in [-0.05, 0) is 36.8 Å². The van der Waals surface area contributed by atoms with Gasteiger partial charge in [-0.25, -0.2) is 14.4 Å². The highest BCUT2D eigenvalue weighted by molar-refractivity contribution is 6.02. The lowest BCUT2D eigenvalue weighted by molar-refractivity contribution is 0.0938. The fraction of sp³-hybridized carbons (Fsp3) is 0.273. The second-order valence-corrected chi connectivity index (χ2v) is 8.21. The van der Waals surface area contributed by atoms with E-state index in [1.165, 1.54) is 18.5 Å². The largest absolute Gasteiger partial charge is 0.439 e. The van der Waals surface area contributed by atoms with E-state index >= 15 is 0 Å². The number of hydrogen-bond donors (Lipinski definition) is 2. The molecule has 2 heterocycles. The second-order valence-electron chi connectivity index (χ2n) is 8.21. The van der Waals surface area contributed by atoms with Crippen LogP contribution in [-0.2, 0) is 5.41 Å². The fourth-order valence-corrected chi connectivity index (χ4v) is 3.10. The van der Waals surface area contributed by atoms with Crippen LogP contribution in [0.4, 0.5) is 4.39 Å². The molecule has 0 aliphatic rings. The van der Waals surface area contributed by atoms with Crippen LogP contribution in [0.2, 0.25) is 0 Å². The third-order valence-corrected chi connectivity index (χ3v) is 4.74. The Morgan fingerprint density at radius 2 is 1.93 bits per heavy atom. The second kappa shape index (κ2) is 7.37. The number of amides is 1. The van der Waals surface area contributed by atoms with Gasteiger partial charge in [0.25, 0.3) is 5.91 Å². The quantitative estimate of drug-likeness (QED) is 0.518. The monoisotopic (exact) mass is 407 g/mol. The summed E-state index contributed by atoms with van der Waals surface area (Å²) in [6, 6.07) is 9.14. The van der Waals surface area contributed by atoms with Gasteiger partial charge in [0.05, 0.1) is 6.04 Å². The number of nitrogens with one attached hydrogen (secondary N) is 2. The maximum absolute atomic E-state index is 13.4. The summed E-state index contributed by atoms with van der Waals surface area (Å²) in [5, 5.41) is 9.45. The van der Waals surface area contributed by atoms with Crippen LogP contribution in [0.15, 0.2) is 47.1 Å². The molecule has 8 heteroatoms. The minimum absolute atomic E-state index is 0.288. The Kier molecular flexibility index (Phi) is 4.85. The number of aromatic amines is 1. The number of oxazole rings is 1. The Morgan fingerprint density at radius 3 is 2.57 bits per heavy atom. The first-order chi connectivity index (χ1) is 14.2. The van der Waals surface area contributed by atoms with Crippen LogP contribution in [0.3, 0.4) is 0 Å². The van der Waals surface area contributed by atoms with Crippen LogP contribution < -0.4 is 5.32 Å². The fourth-order valence-electron chi connectivity index (χ4n) is 3.10. The Bertz CT molecular complexity index is 1190. The first kappa shape index (κ1) is 19.8. The van der Waals surface area contributed by atoms with Crippen LogP contribution in [0.25, 0.3) is 22.2 Å². The Morgan fingerprint density at radius 1 is 1.20 bits per heavy atom. The van der Waals surface area contributed by atoms with Crippen LogP contribution >= 0.6 is 0 Å². The molecule has 7 nitrogen and oxygen atoms in total. The lowest BCUT2D eigenvalue weighted by Crippen LogP contribution is -2.27. The molecule has 0 spiro atoms. The summed E-state index contributed by atoms with van der Waals surface area (Å²) >= 11 is 0. The zero-order valence-electron chi connectivity index (χ0n) is 17.2. The molecular weight excluding hydrogens is 385 g/mol. The molecule has 2 aromatic carbocycles. The highest BCUT2D eigenvalue weighted by Crippen LogP contribution is 2.34. The smallest absolute Gasteiger partial charge is 0.251 e.